The van der Waals surface area contributed by atoms with Crippen LogP contribution in [0, 0.1) is 5.41 Å². The molecule has 0 bridgehead atoms. The Morgan fingerprint density at radius 1 is 1.53 bits per heavy atom. The number of amides is 2. The molecule has 0 radical (unpaired) electrons. The molecule has 1 atom stereocenters. The zero-order valence-corrected chi connectivity index (χ0v) is 10.4. The van der Waals surface area contributed by atoms with Crippen LogP contribution in [0.1, 0.15) is 19.8 Å². The summed E-state index contributed by atoms with van der Waals surface area (Å²) in [7, 11) is 1.65. The van der Waals surface area contributed by atoms with Crippen molar-refractivity contribution in [3.05, 3.63) is 0 Å². The van der Waals surface area contributed by atoms with Crippen LogP contribution in [0.15, 0.2) is 0 Å². The first kappa shape index (κ1) is 13.8. The van der Waals surface area contributed by atoms with E-state index in [1.165, 1.54) is 0 Å². The molecule has 2 N–H and O–H groups in total. The molecule has 1 aliphatic heterocycles. The predicted octanol–water partition coefficient (Wildman–Crippen LogP) is 0.529. The Morgan fingerprint density at radius 3 is 2.82 bits per heavy atom. The molecule has 6 heteroatoms. The van der Waals surface area contributed by atoms with Gasteiger partial charge in [-0.15, -0.1) is 0 Å². The van der Waals surface area contributed by atoms with Gasteiger partial charge in [0.25, 0.3) is 0 Å². The van der Waals surface area contributed by atoms with E-state index >= 15 is 0 Å². The van der Waals surface area contributed by atoms with Gasteiger partial charge in [-0.2, -0.15) is 0 Å². The molecule has 2 amide bonds. The molecular weight excluding hydrogens is 224 g/mol. The fourth-order valence-corrected chi connectivity index (χ4v) is 2.05. The Kier molecular flexibility index (Phi) is 4.74. The molecule has 17 heavy (non-hydrogen) atoms. The highest BCUT2D eigenvalue weighted by molar-refractivity contribution is 5.75. The normalized spacial score (nSPS) is 23.8. The summed E-state index contributed by atoms with van der Waals surface area (Å²) in [6.45, 7) is 4.23. The Labute approximate surface area is 101 Å². The highest BCUT2D eigenvalue weighted by atomic mass is 16.5. The third-order valence-corrected chi connectivity index (χ3v) is 2.95. The van der Waals surface area contributed by atoms with Gasteiger partial charge in [-0.3, -0.25) is 4.79 Å². The molecule has 1 saturated heterocycles. The summed E-state index contributed by atoms with van der Waals surface area (Å²) >= 11 is 0. The van der Waals surface area contributed by atoms with Crippen LogP contribution in [0.2, 0.25) is 0 Å². The van der Waals surface area contributed by atoms with Crippen molar-refractivity contribution in [3.63, 3.8) is 0 Å². The largest absolute Gasteiger partial charge is 0.481 e. The number of likely N-dealkylation sites (tertiary alicyclic amines) is 1. The van der Waals surface area contributed by atoms with Crippen LogP contribution in [0.25, 0.3) is 0 Å². The fourth-order valence-electron chi connectivity index (χ4n) is 2.05. The molecule has 0 aliphatic carbocycles. The lowest BCUT2D eigenvalue weighted by Crippen LogP contribution is -2.40. The zero-order valence-electron chi connectivity index (χ0n) is 10.4. The molecule has 0 saturated carbocycles. The molecule has 98 valence electrons. The highest BCUT2D eigenvalue weighted by Crippen LogP contribution is 2.29. The number of hydrogen-bond acceptors (Lipinski definition) is 3. The fraction of sp³-hybridized carbons (Fsp3) is 0.818. The molecule has 1 fully saturated rings. The third kappa shape index (κ3) is 4.22. The van der Waals surface area contributed by atoms with Crippen molar-refractivity contribution in [3.8, 4) is 0 Å². The van der Waals surface area contributed by atoms with E-state index in [1.54, 1.807) is 12.0 Å². The van der Waals surface area contributed by atoms with Crippen molar-refractivity contribution in [1.29, 1.82) is 0 Å². The summed E-state index contributed by atoms with van der Waals surface area (Å²) in [5, 5.41) is 11.1. The average molecular weight is 244 g/mol. The summed E-state index contributed by atoms with van der Waals surface area (Å²) in [5.41, 5.74) is 0.0128. The van der Waals surface area contributed by atoms with Gasteiger partial charge in [0.1, 0.15) is 0 Å². The third-order valence-electron chi connectivity index (χ3n) is 2.95. The van der Waals surface area contributed by atoms with E-state index in [2.05, 4.69) is 12.2 Å². The van der Waals surface area contributed by atoms with E-state index < -0.39 is 5.97 Å². The number of nitrogens with one attached hydrogen (secondary N) is 1. The maximum absolute atomic E-state index is 11.7. The number of carboxylic acid groups (broad SMARTS) is 1. The van der Waals surface area contributed by atoms with Gasteiger partial charge in [0.15, 0.2) is 0 Å². The van der Waals surface area contributed by atoms with E-state index in [0.29, 0.717) is 19.7 Å². The van der Waals surface area contributed by atoms with Crippen LogP contribution >= 0.6 is 0 Å². The standard InChI is InChI=1S/C11H20N2O4/c1-11(8-17-2)4-6-13(7-11)10(16)12-5-3-9(14)15/h3-8H2,1-2H3,(H,12,16)(H,14,15). The molecular formula is C11H20N2O4. The van der Waals surface area contributed by atoms with Crippen molar-refractivity contribution in [2.24, 2.45) is 5.41 Å². The smallest absolute Gasteiger partial charge is 0.317 e. The van der Waals surface area contributed by atoms with E-state index in [4.69, 9.17) is 9.84 Å². The van der Waals surface area contributed by atoms with Crippen LogP contribution < -0.4 is 5.32 Å². The number of carbonyl (C=O) groups is 2. The number of rotatable bonds is 5. The highest BCUT2D eigenvalue weighted by Gasteiger charge is 2.35. The molecule has 0 spiro atoms. The van der Waals surface area contributed by atoms with Crippen molar-refractivity contribution >= 4 is 12.0 Å². The van der Waals surface area contributed by atoms with Crippen molar-refractivity contribution < 1.29 is 19.4 Å². The zero-order chi connectivity index (χ0) is 12.9. The van der Waals surface area contributed by atoms with Crippen LogP contribution in [0.5, 0.6) is 0 Å². The van der Waals surface area contributed by atoms with Crippen LogP contribution in [-0.2, 0) is 9.53 Å². The molecule has 0 aromatic rings. The quantitative estimate of drug-likeness (QED) is 0.739. The first-order valence-corrected chi connectivity index (χ1v) is 5.70. The number of carbonyl (C=O) groups excluding carboxylic acids is 1. The van der Waals surface area contributed by atoms with Gasteiger partial charge in [-0.05, 0) is 6.42 Å². The molecule has 0 aromatic heterocycles. The minimum Gasteiger partial charge on any atom is -0.481 e. The Morgan fingerprint density at radius 2 is 2.24 bits per heavy atom. The topological polar surface area (TPSA) is 78.9 Å². The van der Waals surface area contributed by atoms with Crippen molar-refractivity contribution in [1.82, 2.24) is 10.2 Å². The Hall–Kier alpha value is -1.30. The lowest BCUT2D eigenvalue weighted by atomic mass is 9.91. The molecule has 6 nitrogen and oxygen atoms in total. The van der Waals surface area contributed by atoms with Gasteiger partial charge in [0.05, 0.1) is 13.0 Å². The minimum absolute atomic E-state index is 0.0128. The number of hydrogen-bond donors (Lipinski definition) is 2. The number of carboxylic acids is 1. The van der Waals surface area contributed by atoms with Gasteiger partial charge in [0.2, 0.25) is 0 Å². The van der Waals surface area contributed by atoms with Crippen LogP contribution in [-0.4, -0.2) is 55.4 Å². The second kappa shape index (κ2) is 5.86. The number of methoxy groups -OCH3 is 1. The minimum atomic E-state index is -0.907. The Bertz CT molecular complexity index is 295. The predicted molar refractivity (Wildman–Crippen MR) is 61.8 cm³/mol. The van der Waals surface area contributed by atoms with Gasteiger partial charge < -0.3 is 20.1 Å². The van der Waals surface area contributed by atoms with Gasteiger partial charge in [-0.1, -0.05) is 6.92 Å². The van der Waals surface area contributed by atoms with Crippen LogP contribution in [0.3, 0.4) is 0 Å². The van der Waals surface area contributed by atoms with Gasteiger partial charge in [0, 0.05) is 32.2 Å². The summed E-state index contributed by atoms with van der Waals surface area (Å²) in [4.78, 5) is 23.7. The van der Waals surface area contributed by atoms with Crippen molar-refractivity contribution in [2.75, 3.05) is 33.4 Å². The molecule has 1 heterocycles. The summed E-state index contributed by atoms with van der Waals surface area (Å²) in [6, 6.07) is -0.189. The monoisotopic (exact) mass is 244 g/mol. The van der Waals surface area contributed by atoms with E-state index in [0.717, 1.165) is 6.42 Å². The molecule has 1 unspecified atom stereocenters. The van der Waals surface area contributed by atoms with E-state index in [9.17, 15) is 9.59 Å². The van der Waals surface area contributed by atoms with Crippen LogP contribution in [0.4, 0.5) is 4.79 Å². The molecule has 0 aromatic carbocycles. The molecule has 1 aliphatic rings. The molecule has 1 rings (SSSR count). The van der Waals surface area contributed by atoms with Gasteiger partial charge >= 0.3 is 12.0 Å². The summed E-state index contributed by atoms with van der Waals surface area (Å²) in [5.74, 6) is -0.907. The maximum atomic E-state index is 11.7. The lowest BCUT2D eigenvalue weighted by molar-refractivity contribution is -0.136. The number of urea groups is 1. The van der Waals surface area contributed by atoms with E-state index in [1.807, 2.05) is 0 Å². The number of nitrogens with zero attached hydrogens (tertiary/aromatic N) is 1. The first-order chi connectivity index (χ1) is 7.97. The van der Waals surface area contributed by atoms with Crippen molar-refractivity contribution in [2.45, 2.75) is 19.8 Å². The summed E-state index contributed by atoms with van der Waals surface area (Å²) < 4.78 is 5.13. The Balaban J connectivity index is 2.32. The van der Waals surface area contributed by atoms with E-state index in [-0.39, 0.29) is 24.4 Å². The summed E-state index contributed by atoms with van der Waals surface area (Å²) in [6.07, 6.45) is 0.863. The number of ether oxygens (including phenoxy) is 1. The average Bonchev–Trinajstić information content (AvgIpc) is 2.61. The van der Waals surface area contributed by atoms with Gasteiger partial charge in [-0.25, -0.2) is 4.79 Å². The lowest BCUT2D eigenvalue weighted by Gasteiger charge is -2.23. The second-order valence-corrected chi connectivity index (χ2v) is 4.79. The SMILES string of the molecule is COCC1(C)CCN(C(=O)NCCC(=O)O)C1. The second-order valence-electron chi connectivity index (χ2n) is 4.79. The first-order valence-electron chi connectivity index (χ1n) is 5.70. The number of aliphatic carboxylic acids is 1. The maximum Gasteiger partial charge on any atom is 0.317 e.